The van der Waals surface area contributed by atoms with E-state index in [0.29, 0.717) is 10.2 Å². The lowest BCUT2D eigenvalue weighted by molar-refractivity contribution is -0.137. The average molecular weight is 352 g/mol. The molecular formula is C12H7BrClF3N2. The summed E-state index contributed by atoms with van der Waals surface area (Å²) in [5, 5.41) is 0.167. The largest absolute Gasteiger partial charge is 0.416 e. The van der Waals surface area contributed by atoms with Gasteiger partial charge in [-0.15, -0.1) is 0 Å². The lowest BCUT2D eigenvalue weighted by atomic mass is 10.1. The molecule has 0 N–H and O–H groups in total. The second-order valence-electron chi connectivity index (χ2n) is 3.82. The number of halogens is 5. The minimum absolute atomic E-state index is 0.164. The number of rotatable bonds is 1. The van der Waals surface area contributed by atoms with E-state index in [1.165, 1.54) is 12.1 Å². The third-order valence-corrected chi connectivity index (χ3v) is 3.88. The maximum Gasteiger partial charge on any atom is 0.416 e. The number of benzene rings is 1. The zero-order valence-electron chi connectivity index (χ0n) is 9.59. The molecule has 0 fully saturated rings. The fourth-order valence-electron chi connectivity index (χ4n) is 1.49. The van der Waals surface area contributed by atoms with E-state index in [-0.39, 0.29) is 16.5 Å². The molecule has 0 atom stereocenters. The van der Waals surface area contributed by atoms with Crippen molar-refractivity contribution in [2.75, 3.05) is 0 Å². The monoisotopic (exact) mass is 350 g/mol. The first-order valence-corrected chi connectivity index (χ1v) is 6.33. The van der Waals surface area contributed by atoms with Crippen molar-refractivity contribution in [3.8, 4) is 11.4 Å². The third-order valence-electron chi connectivity index (χ3n) is 2.42. The fraction of sp³-hybridized carbons (Fsp3) is 0.167. The van der Waals surface area contributed by atoms with Crippen LogP contribution >= 0.6 is 27.5 Å². The molecule has 1 heterocycles. The van der Waals surface area contributed by atoms with Crippen molar-refractivity contribution >= 4 is 27.5 Å². The van der Waals surface area contributed by atoms with Crippen LogP contribution in [0.1, 0.15) is 11.3 Å². The SMILES string of the molecule is Cc1nc(-c2cccc(C(F)(F)F)c2)nc(Cl)c1Br. The van der Waals surface area contributed by atoms with Crippen molar-refractivity contribution in [3.63, 3.8) is 0 Å². The molecule has 1 aromatic carbocycles. The van der Waals surface area contributed by atoms with E-state index >= 15 is 0 Å². The van der Waals surface area contributed by atoms with Crippen LogP contribution < -0.4 is 0 Å². The molecule has 2 nitrogen and oxygen atoms in total. The van der Waals surface area contributed by atoms with Gasteiger partial charge in [0.05, 0.1) is 15.7 Å². The van der Waals surface area contributed by atoms with Crippen molar-refractivity contribution in [2.24, 2.45) is 0 Å². The fourth-order valence-corrected chi connectivity index (χ4v) is 1.88. The highest BCUT2D eigenvalue weighted by Crippen LogP contribution is 2.32. The molecule has 0 aliphatic heterocycles. The zero-order chi connectivity index (χ0) is 14.2. The summed E-state index contributed by atoms with van der Waals surface area (Å²) >= 11 is 9.07. The standard InChI is InChI=1S/C12H7BrClF3N2/c1-6-9(13)10(14)19-11(18-6)7-3-2-4-8(5-7)12(15,16)17/h2-5H,1H3. The highest BCUT2D eigenvalue weighted by Gasteiger charge is 2.30. The summed E-state index contributed by atoms with van der Waals surface area (Å²) in [6.45, 7) is 1.69. The van der Waals surface area contributed by atoms with Crippen LogP contribution in [-0.4, -0.2) is 9.97 Å². The minimum Gasteiger partial charge on any atom is -0.232 e. The van der Waals surface area contributed by atoms with Gasteiger partial charge in [-0.05, 0) is 35.0 Å². The first kappa shape index (κ1) is 14.3. The minimum atomic E-state index is -4.40. The number of aryl methyl sites for hydroxylation is 1. The van der Waals surface area contributed by atoms with Crippen LogP contribution in [0.2, 0.25) is 5.15 Å². The van der Waals surface area contributed by atoms with E-state index in [4.69, 9.17) is 11.6 Å². The summed E-state index contributed by atoms with van der Waals surface area (Å²) in [6, 6.07) is 4.82. The van der Waals surface area contributed by atoms with Gasteiger partial charge in [-0.1, -0.05) is 23.7 Å². The molecule has 0 unspecified atom stereocenters. The number of hydrogen-bond acceptors (Lipinski definition) is 2. The number of aromatic nitrogens is 2. The lowest BCUT2D eigenvalue weighted by Gasteiger charge is -2.09. The summed E-state index contributed by atoms with van der Waals surface area (Å²) in [5.41, 5.74) is 0.0880. The highest BCUT2D eigenvalue weighted by molar-refractivity contribution is 9.10. The van der Waals surface area contributed by atoms with E-state index < -0.39 is 11.7 Å². The molecule has 2 aromatic rings. The molecule has 2 rings (SSSR count). The van der Waals surface area contributed by atoms with Gasteiger partial charge in [0.15, 0.2) is 5.82 Å². The Morgan fingerprint density at radius 2 is 1.89 bits per heavy atom. The third kappa shape index (κ3) is 3.06. The normalized spacial score (nSPS) is 11.7. The molecule has 1 aromatic heterocycles. The zero-order valence-corrected chi connectivity index (χ0v) is 11.9. The maximum absolute atomic E-state index is 12.6. The Bertz CT molecular complexity index is 606. The maximum atomic E-state index is 12.6. The van der Waals surface area contributed by atoms with E-state index in [2.05, 4.69) is 25.9 Å². The molecular weight excluding hydrogens is 344 g/mol. The van der Waals surface area contributed by atoms with Gasteiger partial charge in [-0.3, -0.25) is 0 Å². The van der Waals surface area contributed by atoms with E-state index in [9.17, 15) is 13.2 Å². The predicted octanol–water partition coefficient (Wildman–Crippen LogP) is 4.89. The molecule has 0 saturated heterocycles. The Morgan fingerprint density at radius 1 is 1.21 bits per heavy atom. The highest BCUT2D eigenvalue weighted by atomic mass is 79.9. The van der Waals surface area contributed by atoms with Gasteiger partial charge in [-0.25, -0.2) is 9.97 Å². The Hall–Kier alpha value is -1.14. The second-order valence-corrected chi connectivity index (χ2v) is 4.97. The Morgan fingerprint density at radius 3 is 2.47 bits per heavy atom. The van der Waals surface area contributed by atoms with E-state index in [1.54, 1.807) is 6.92 Å². The van der Waals surface area contributed by atoms with Gasteiger partial charge in [0.2, 0.25) is 0 Å². The quantitative estimate of drug-likeness (QED) is 0.684. The smallest absolute Gasteiger partial charge is 0.232 e. The van der Waals surface area contributed by atoms with Gasteiger partial charge in [0.25, 0.3) is 0 Å². The Kier molecular flexibility index (Phi) is 3.82. The van der Waals surface area contributed by atoms with Crippen molar-refractivity contribution < 1.29 is 13.2 Å². The van der Waals surface area contributed by atoms with Gasteiger partial charge in [0, 0.05) is 5.56 Å². The molecule has 100 valence electrons. The molecule has 0 radical (unpaired) electrons. The summed E-state index contributed by atoms with van der Waals surface area (Å²) in [5.74, 6) is 0.164. The second kappa shape index (κ2) is 5.09. The van der Waals surface area contributed by atoms with E-state index in [1.807, 2.05) is 0 Å². The van der Waals surface area contributed by atoms with Crippen LogP contribution in [0.5, 0.6) is 0 Å². The van der Waals surface area contributed by atoms with Crippen LogP contribution in [0.3, 0.4) is 0 Å². The van der Waals surface area contributed by atoms with Crippen LogP contribution in [-0.2, 0) is 6.18 Å². The average Bonchev–Trinajstić information content (AvgIpc) is 2.34. The van der Waals surface area contributed by atoms with Gasteiger partial charge in [-0.2, -0.15) is 13.2 Å². The van der Waals surface area contributed by atoms with E-state index in [0.717, 1.165) is 12.1 Å². The molecule has 0 amide bonds. The Labute approximate surface area is 120 Å². The topological polar surface area (TPSA) is 25.8 Å². The van der Waals surface area contributed by atoms with Crippen LogP contribution in [0.4, 0.5) is 13.2 Å². The predicted molar refractivity (Wildman–Crippen MR) is 69.9 cm³/mol. The van der Waals surface area contributed by atoms with Crippen LogP contribution in [0.15, 0.2) is 28.7 Å². The van der Waals surface area contributed by atoms with Crippen molar-refractivity contribution in [3.05, 3.63) is 45.1 Å². The lowest BCUT2D eigenvalue weighted by Crippen LogP contribution is -2.05. The molecule has 0 aliphatic rings. The van der Waals surface area contributed by atoms with Crippen molar-refractivity contribution in [1.82, 2.24) is 9.97 Å². The number of nitrogens with zero attached hydrogens (tertiary/aromatic N) is 2. The Balaban J connectivity index is 2.54. The van der Waals surface area contributed by atoms with Gasteiger partial charge in [0.1, 0.15) is 5.15 Å². The summed E-state index contributed by atoms with van der Waals surface area (Å²) in [6.07, 6.45) is -4.40. The molecule has 0 spiro atoms. The summed E-state index contributed by atoms with van der Waals surface area (Å²) < 4.78 is 38.4. The molecule has 0 aliphatic carbocycles. The van der Waals surface area contributed by atoms with Gasteiger partial charge < -0.3 is 0 Å². The first-order valence-electron chi connectivity index (χ1n) is 5.16. The van der Waals surface area contributed by atoms with Crippen LogP contribution in [0.25, 0.3) is 11.4 Å². The number of alkyl halides is 3. The van der Waals surface area contributed by atoms with Crippen LogP contribution in [0, 0.1) is 6.92 Å². The first-order chi connectivity index (χ1) is 8.79. The summed E-state index contributed by atoms with van der Waals surface area (Å²) in [4.78, 5) is 8.08. The van der Waals surface area contributed by atoms with Crippen molar-refractivity contribution in [2.45, 2.75) is 13.1 Å². The number of hydrogen-bond donors (Lipinski definition) is 0. The molecule has 0 saturated carbocycles. The van der Waals surface area contributed by atoms with Gasteiger partial charge >= 0.3 is 6.18 Å². The van der Waals surface area contributed by atoms with Crippen molar-refractivity contribution in [1.29, 1.82) is 0 Å². The molecule has 7 heteroatoms. The summed E-state index contributed by atoms with van der Waals surface area (Å²) in [7, 11) is 0. The molecule has 0 bridgehead atoms. The molecule has 19 heavy (non-hydrogen) atoms.